The molecule has 1 rings (SSSR count). The second-order valence-corrected chi connectivity index (χ2v) is 4.94. The van der Waals surface area contributed by atoms with Crippen LogP contribution >= 0.6 is 0 Å². The summed E-state index contributed by atoms with van der Waals surface area (Å²) in [5.41, 5.74) is 5.21. The summed E-state index contributed by atoms with van der Waals surface area (Å²) in [5.74, 6) is -1.82. The van der Waals surface area contributed by atoms with Crippen molar-refractivity contribution >= 4 is 23.3 Å². The number of non-ortho nitro benzene ring substituents is 1. The number of hydrogen-bond donors (Lipinski definition) is 3. The zero-order valence-electron chi connectivity index (χ0n) is 11.7. The number of carboxylic acids is 1. The molecule has 0 aromatic heterocycles. The SMILES string of the molecule is CC(C)C(CC(=O)O)Nc1ccc([N+](=O)[O-])cc1C(N)=O. The van der Waals surface area contributed by atoms with Crippen LogP contribution in [0.4, 0.5) is 11.4 Å². The van der Waals surface area contributed by atoms with E-state index in [0.717, 1.165) is 6.07 Å². The molecule has 1 aromatic rings. The number of nitro groups is 1. The van der Waals surface area contributed by atoms with E-state index in [9.17, 15) is 19.7 Å². The Labute approximate surface area is 121 Å². The van der Waals surface area contributed by atoms with Gasteiger partial charge in [0.15, 0.2) is 0 Å². The number of aliphatic carboxylic acids is 1. The molecule has 0 saturated heterocycles. The van der Waals surface area contributed by atoms with Crippen LogP contribution < -0.4 is 11.1 Å². The Morgan fingerprint density at radius 1 is 1.43 bits per heavy atom. The van der Waals surface area contributed by atoms with Gasteiger partial charge in [-0.3, -0.25) is 19.7 Å². The molecule has 0 aliphatic heterocycles. The summed E-state index contributed by atoms with van der Waals surface area (Å²) in [6.07, 6.45) is -0.146. The number of primary amides is 1. The number of nitrogens with two attached hydrogens (primary N) is 1. The van der Waals surface area contributed by atoms with E-state index in [1.165, 1.54) is 12.1 Å². The molecular formula is C13H17N3O5. The molecule has 8 heteroatoms. The second-order valence-electron chi connectivity index (χ2n) is 4.94. The maximum absolute atomic E-state index is 11.4. The summed E-state index contributed by atoms with van der Waals surface area (Å²) in [4.78, 5) is 32.3. The highest BCUT2D eigenvalue weighted by Crippen LogP contribution is 2.24. The van der Waals surface area contributed by atoms with E-state index in [1.54, 1.807) is 0 Å². The number of anilines is 1. The summed E-state index contributed by atoms with van der Waals surface area (Å²) >= 11 is 0. The van der Waals surface area contributed by atoms with E-state index in [2.05, 4.69) is 5.32 Å². The van der Waals surface area contributed by atoms with Crippen LogP contribution in [0.25, 0.3) is 0 Å². The molecule has 0 radical (unpaired) electrons. The highest BCUT2D eigenvalue weighted by molar-refractivity contribution is 5.99. The van der Waals surface area contributed by atoms with Crippen molar-refractivity contribution in [3.8, 4) is 0 Å². The first-order chi connectivity index (χ1) is 9.72. The Hall–Kier alpha value is -2.64. The van der Waals surface area contributed by atoms with E-state index in [4.69, 9.17) is 10.8 Å². The van der Waals surface area contributed by atoms with Crippen LogP contribution in [0.3, 0.4) is 0 Å². The van der Waals surface area contributed by atoms with Gasteiger partial charge < -0.3 is 16.2 Å². The lowest BCUT2D eigenvalue weighted by Gasteiger charge is -2.23. The zero-order valence-corrected chi connectivity index (χ0v) is 11.7. The molecule has 0 saturated carbocycles. The molecule has 1 amide bonds. The lowest BCUT2D eigenvalue weighted by atomic mass is 9.99. The van der Waals surface area contributed by atoms with Crippen molar-refractivity contribution in [2.75, 3.05) is 5.32 Å². The van der Waals surface area contributed by atoms with Crippen molar-refractivity contribution in [2.45, 2.75) is 26.3 Å². The van der Waals surface area contributed by atoms with Gasteiger partial charge in [0.25, 0.3) is 11.6 Å². The first-order valence-corrected chi connectivity index (χ1v) is 6.29. The normalized spacial score (nSPS) is 12.0. The van der Waals surface area contributed by atoms with Gasteiger partial charge >= 0.3 is 5.97 Å². The van der Waals surface area contributed by atoms with Gasteiger partial charge in [0, 0.05) is 23.9 Å². The molecule has 1 atom stereocenters. The van der Waals surface area contributed by atoms with Gasteiger partial charge in [-0.15, -0.1) is 0 Å². The Bertz CT molecular complexity index is 571. The highest BCUT2D eigenvalue weighted by atomic mass is 16.6. The average Bonchev–Trinajstić information content (AvgIpc) is 2.37. The minimum absolute atomic E-state index is 0.0166. The number of benzene rings is 1. The van der Waals surface area contributed by atoms with Crippen LogP contribution in [0.1, 0.15) is 30.6 Å². The van der Waals surface area contributed by atoms with Crippen LogP contribution in [-0.4, -0.2) is 27.9 Å². The topological polar surface area (TPSA) is 136 Å². The number of amides is 1. The number of rotatable bonds is 7. The maximum Gasteiger partial charge on any atom is 0.305 e. The second kappa shape index (κ2) is 6.69. The van der Waals surface area contributed by atoms with E-state index in [0.29, 0.717) is 0 Å². The van der Waals surface area contributed by atoms with E-state index >= 15 is 0 Å². The lowest BCUT2D eigenvalue weighted by Crippen LogP contribution is -2.29. The molecule has 8 nitrogen and oxygen atoms in total. The van der Waals surface area contributed by atoms with Crippen molar-refractivity contribution in [2.24, 2.45) is 11.7 Å². The summed E-state index contributed by atoms with van der Waals surface area (Å²) in [5, 5.41) is 22.5. The molecule has 0 aliphatic rings. The third-order valence-electron chi connectivity index (χ3n) is 3.02. The van der Waals surface area contributed by atoms with Gasteiger partial charge in [-0.05, 0) is 12.0 Å². The van der Waals surface area contributed by atoms with E-state index in [1.807, 2.05) is 13.8 Å². The van der Waals surface area contributed by atoms with Gasteiger partial charge in [0.1, 0.15) is 0 Å². The minimum Gasteiger partial charge on any atom is -0.481 e. The number of nitrogens with zero attached hydrogens (tertiary/aromatic N) is 1. The zero-order chi connectivity index (χ0) is 16.2. The van der Waals surface area contributed by atoms with E-state index in [-0.39, 0.29) is 29.3 Å². The number of carbonyl (C=O) groups is 2. The molecule has 1 aromatic carbocycles. The number of hydrogen-bond acceptors (Lipinski definition) is 5. The van der Waals surface area contributed by atoms with Crippen LogP contribution in [0.5, 0.6) is 0 Å². The van der Waals surface area contributed by atoms with Crippen molar-refractivity contribution in [1.29, 1.82) is 0 Å². The Morgan fingerprint density at radius 2 is 2.05 bits per heavy atom. The van der Waals surface area contributed by atoms with Crippen molar-refractivity contribution in [3.63, 3.8) is 0 Å². The third kappa shape index (κ3) is 4.44. The monoisotopic (exact) mass is 295 g/mol. The fraction of sp³-hybridized carbons (Fsp3) is 0.385. The standard InChI is InChI=1S/C13H17N3O5/c1-7(2)11(6-12(17)18)15-10-4-3-8(16(20)21)5-9(10)13(14)19/h3-5,7,11,15H,6H2,1-2H3,(H2,14,19)(H,17,18). The quantitative estimate of drug-likeness (QED) is 0.516. The van der Waals surface area contributed by atoms with Crippen LogP contribution in [0.15, 0.2) is 18.2 Å². The molecule has 0 aliphatic carbocycles. The summed E-state index contributed by atoms with van der Waals surface area (Å²) in [6, 6.07) is 3.23. The third-order valence-corrected chi connectivity index (χ3v) is 3.02. The van der Waals surface area contributed by atoms with Crippen LogP contribution in [0, 0.1) is 16.0 Å². The van der Waals surface area contributed by atoms with Crippen LogP contribution in [-0.2, 0) is 4.79 Å². The Kier molecular flexibility index (Phi) is 5.23. The molecule has 0 fully saturated rings. The highest BCUT2D eigenvalue weighted by Gasteiger charge is 2.21. The Balaban J connectivity index is 3.13. The lowest BCUT2D eigenvalue weighted by molar-refractivity contribution is -0.384. The van der Waals surface area contributed by atoms with Gasteiger partial charge in [-0.25, -0.2) is 0 Å². The first-order valence-electron chi connectivity index (χ1n) is 6.29. The molecule has 4 N–H and O–H groups in total. The molecule has 1 unspecified atom stereocenters. The number of nitro benzene ring substituents is 1. The first kappa shape index (κ1) is 16.4. The Morgan fingerprint density at radius 3 is 2.48 bits per heavy atom. The smallest absolute Gasteiger partial charge is 0.305 e. The molecule has 21 heavy (non-hydrogen) atoms. The predicted molar refractivity (Wildman–Crippen MR) is 76.1 cm³/mol. The fourth-order valence-electron chi connectivity index (χ4n) is 1.82. The maximum atomic E-state index is 11.4. The van der Waals surface area contributed by atoms with Crippen molar-refractivity contribution in [3.05, 3.63) is 33.9 Å². The molecule has 0 spiro atoms. The minimum atomic E-state index is -0.983. The molecule has 0 bridgehead atoms. The molecule has 114 valence electrons. The van der Waals surface area contributed by atoms with Crippen molar-refractivity contribution < 1.29 is 19.6 Å². The van der Waals surface area contributed by atoms with Crippen LogP contribution in [0.2, 0.25) is 0 Å². The number of carboxylic acid groups (broad SMARTS) is 1. The van der Waals surface area contributed by atoms with Gasteiger partial charge in [-0.2, -0.15) is 0 Å². The summed E-state index contributed by atoms with van der Waals surface area (Å²) in [7, 11) is 0. The number of nitrogens with one attached hydrogen (secondary N) is 1. The summed E-state index contributed by atoms with van der Waals surface area (Å²) < 4.78 is 0. The van der Waals surface area contributed by atoms with Gasteiger partial charge in [0.2, 0.25) is 0 Å². The molecule has 0 heterocycles. The fourth-order valence-corrected chi connectivity index (χ4v) is 1.82. The summed E-state index contributed by atoms with van der Waals surface area (Å²) in [6.45, 7) is 3.66. The average molecular weight is 295 g/mol. The molecular weight excluding hydrogens is 278 g/mol. The predicted octanol–water partition coefficient (Wildman–Crippen LogP) is 1.60. The largest absolute Gasteiger partial charge is 0.481 e. The van der Waals surface area contributed by atoms with Gasteiger partial charge in [-0.1, -0.05) is 13.8 Å². The van der Waals surface area contributed by atoms with Crippen molar-refractivity contribution in [1.82, 2.24) is 0 Å². The van der Waals surface area contributed by atoms with E-state index < -0.39 is 22.8 Å². The van der Waals surface area contributed by atoms with Gasteiger partial charge in [0.05, 0.1) is 16.9 Å². The number of carbonyl (C=O) groups excluding carboxylic acids is 1.